The molecule has 0 aliphatic rings. The summed E-state index contributed by atoms with van der Waals surface area (Å²) in [7, 11) is 1.38. The highest BCUT2D eigenvalue weighted by Gasteiger charge is 2.31. The predicted molar refractivity (Wildman–Crippen MR) is 92.0 cm³/mol. The van der Waals surface area contributed by atoms with Gasteiger partial charge in [0.15, 0.2) is 0 Å². The van der Waals surface area contributed by atoms with Gasteiger partial charge in [0.05, 0.1) is 29.1 Å². The molecule has 0 aliphatic heterocycles. The summed E-state index contributed by atoms with van der Waals surface area (Å²) in [5.41, 5.74) is 2.58. The zero-order valence-corrected chi connectivity index (χ0v) is 14.3. The number of allylic oxidation sites excluding steroid dienone is 1. The topological polar surface area (TPSA) is 46.5 Å². The van der Waals surface area contributed by atoms with E-state index in [0.717, 1.165) is 6.07 Å². The maximum absolute atomic E-state index is 12.7. The van der Waals surface area contributed by atoms with Gasteiger partial charge in [-0.15, -0.1) is 0 Å². The number of benzene rings is 1. The third-order valence-electron chi connectivity index (χ3n) is 2.95. The Morgan fingerprint density at radius 3 is 2.48 bits per heavy atom. The van der Waals surface area contributed by atoms with E-state index in [9.17, 15) is 13.2 Å². The summed E-state index contributed by atoms with van der Waals surface area (Å²) < 4.78 is 38.2. The Labute approximate surface area is 151 Å². The fourth-order valence-electron chi connectivity index (χ4n) is 1.77. The van der Waals surface area contributed by atoms with E-state index >= 15 is 0 Å². The summed E-state index contributed by atoms with van der Waals surface area (Å²) in [6.07, 6.45) is -1.04. The second-order valence-electron chi connectivity index (χ2n) is 4.71. The second kappa shape index (κ2) is 8.33. The molecule has 9 heteroatoms. The zero-order valence-electron chi connectivity index (χ0n) is 12.8. The van der Waals surface area contributed by atoms with Gasteiger partial charge in [-0.1, -0.05) is 23.2 Å². The molecule has 1 aromatic carbocycles. The van der Waals surface area contributed by atoms with Crippen molar-refractivity contribution in [3.05, 3.63) is 64.0 Å². The number of nitrogens with one attached hydrogen (secondary N) is 1. The lowest BCUT2D eigenvalue weighted by atomic mass is 10.1. The Balaban J connectivity index is 2.36. The van der Waals surface area contributed by atoms with Gasteiger partial charge >= 0.3 is 6.18 Å². The molecule has 25 heavy (non-hydrogen) atoms. The van der Waals surface area contributed by atoms with Crippen LogP contribution in [0.2, 0.25) is 10.0 Å². The van der Waals surface area contributed by atoms with Crippen LogP contribution in [0.1, 0.15) is 11.3 Å². The minimum absolute atomic E-state index is 0.122. The van der Waals surface area contributed by atoms with Crippen LogP contribution in [0.5, 0.6) is 0 Å². The number of nitrogens with zero attached hydrogens (tertiary/aromatic N) is 2. The lowest BCUT2D eigenvalue weighted by Crippen LogP contribution is -2.08. The molecule has 0 atom stereocenters. The van der Waals surface area contributed by atoms with Gasteiger partial charge in [0, 0.05) is 29.2 Å². The molecule has 0 unspecified atom stereocenters. The van der Waals surface area contributed by atoms with Gasteiger partial charge in [0.2, 0.25) is 0 Å². The van der Waals surface area contributed by atoms with Crippen LogP contribution in [0.3, 0.4) is 0 Å². The lowest BCUT2D eigenvalue weighted by molar-refractivity contribution is -0.137. The van der Waals surface area contributed by atoms with Crippen molar-refractivity contribution in [2.75, 3.05) is 7.11 Å². The van der Waals surface area contributed by atoms with Gasteiger partial charge in [-0.3, -0.25) is 20.3 Å². The van der Waals surface area contributed by atoms with Crippen molar-refractivity contribution in [2.24, 2.45) is 4.99 Å². The summed E-state index contributed by atoms with van der Waals surface area (Å²) >= 11 is 11.8. The maximum atomic E-state index is 12.7. The van der Waals surface area contributed by atoms with Crippen LogP contribution in [0.4, 0.5) is 18.9 Å². The molecule has 1 heterocycles. The minimum atomic E-state index is -4.53. The first-order chi connectivity index (χ1) is 11.8. The molecule has 0 saturated carbocycles. The second-order valence-corrected chi connectivity index (χ2v) is 5.55. The number of halogens is 5. The molecule has 0 aliphatic carbocycles. The molecular weight excluding hydrogens is 378 g/mol. The molecular formula is C16H12Cl2F3N3O. The average Bonchev–Trinajstić information content (AvgIpc) is 2.56. The fourth-order valence-corrected chi connectivity index (χ4v) is 2.17. The molecule has 132 valence electrons. The van der Waals surface area contributed by atoms with E-state index in [4.69, 9.17) is 28.0 Å². The highest BCUT2D eigenvalue weighted by molar-refractivity contribution is 6.33. The van der Waals surface area contributed by atoms with E-state index in [1.54, 1.807) is 24.3 Å². The summed E-state index contributed by atoms with van der Waals surface area (Å²) in [4.78, 5) is 12.7. The van der Waals surface area contributed by atoms with Crippen LogP contribution < -0.4 is 5.48 Å². The van der Waals surface area contributed by atoms with Gasteiger partial charge in [0.25, 0.3) is 0 Å². The molecule has 4 nitrogen and oxygen atoms in total. The molecule has 2 rings (SSSR count). The van der Waals surface area contributed by atoms with Gasteiger partial charge in [0.1, 0.15) is 0 Å². The third-order valence-corrected chi connectivity index (χ3v) is 3.49. The van der Waals surface area contributed by atoms with Crippen molar-refractivity contribution >= 4 is 40.7 Å². The first-order valence-electron chi connectivity index (χ1n) is 6.82. The van der Waals surface area contributed by atoms with Crippen molar-refractivity contribution in [1.82, 2.24) is 10.5 Å². The SMILES string of the molecule is CON/C=C(/C=Nc1ccc(Cl)cc1)c1ncc(C(F)(F)F)cc1Cl. The zero-order chi connectivity index (χ0) is 18.4. The van der Waals surface area contributed by atoms with Gasteiger partial charge in [-0.2, -0.15) is 13.2 Å². The summed E-state index contributed by atoms with van der Waals surface area (Å²) in [6, 6.07) is 7.49. The first-order valence-corrected chi connectivity index (χ1v) is 7.58. The summed E-state index contributed by atoms with van der Waals surface area (Å²) in [6.45, 7) is 0. The molecule has 0 radical (unpaired) electrons. The molecule has 1 aromatic heterocycles. The molecule has 0 spiro atoms. The number of hydrogen-bond acceptors (Lipinski definition) is 4. The Morgan fingerprint density at radius 2 is 1.92 bits per heavy atom. The van der Waals surface area contributed by atoms with Crippen molar-refractivity contribution in [2.45, 2.75) is 6.18 Å². The first kappa shape index (κ1) is 19.2. The van der Waals surface area contributed by atoms with Crippen LogP contribution in [-0.2, 0) is 11.0 Å². The van der Waals surface area contributed by atoms with Crippen LogP contribution in [0.25, 0.3) is 5.57 Å². The Hall–Kier alpha value is -2.09. The minimum Gasteiger partial charge on any atom is -0.280 e. The number of aliphatic imine (C=N–C) groups is 1. The number of pyridine rings is 1. The summed E-state index contributed by atoms with van der Waals surface area (Å²) in [5.74, 6) is 0. The largest absolute Gasteiger partial charge is 0.417 e. The fraction of sp³-hybridized carbons (Fsp3) is 0.125. The van der Waals surface area contributed by atoms with Crippen LogP contribution >= 0.6 is 23.2 Å². The van der Waals surface area contributed by atoms with Crippen molar-refractivity contribution in [3.8, 4) is 0 Å². The number of alkyl halides is 3. The number of aromatic nitrogens is 1. The lowest BCUT2D eigenvalue weighted by Gasteiger charge is -2.10. The molecule has 0 amide bonds. The summed E-state index contributed by atoms with van der Waals surface area (Å²) in [5, 5.41) is 0.393. The monoisotopic (exact) mass is 389 g/mol. The average molecular weight is 390 g/mol. The van der Waals surface area contributed by atoms with Crippen molar-refractivity contribution in [1.29, 1.82) is 0 Å². The quantitative estimate of drug-likeness (QED) is 0.557. The van der Waals surface area contributed by atoms with E-state index in [0.29, 0.717) is 22.5 Å². The van der Waals surface area contributed by atoms with E-state index in [-0.39, 0.29) is 10.7 Å². The molecule has 1 N–H and O–H groups in total. The Morgan fingerprint density at radius 1 is 1.24 bits per heavy atom. The van der Waals surface area contributed by atoms with E-state index in [2.05, 4.69) is 15.5 Å². The van der Waals surface area contributed by atoms with Gasteiger partial charge in [-0.05, 0) is 30.3 Å². The standard InChI is InChI=1S/C16H12Cl2F3N3O/c1-25-24-8-10(7-22-13-4-2-12(17)3-5-13)15-14(18)6-11(9-23-15)16(19,20)21/h2-9,24H,1H3/b10-8-,22-7?. The molecule has 0 fully saturated rings. The number of rotatable bonds is 5. The van der Waals surface area contributed by atoms with Crippen molar-refractivity contribution < 1.29 is 18.0 Å². The van der Waals surface area contributed by atoms with Gasteiger partial charge < -0.3 is 0 Å². The van der Waals surface area contributed by atoms with Gasteiger partial charge in [-0.25, -0.2) is 0 Å². The normalized spacial score (nSPS) is 12.6. The number of hydroxylamine groups is 1. The van der Waals surface area contributed by atoms with Crippen molar-refractivity contribution in [3.63, 3.8) is 0 Å². The smallest absolute Gasteiger partial charge is 0.280 e. The molecule has 0 bridgehead atoms. The van der Waals surface area contributed by atoms with E-state index < -0.39 is 11.7 Å². The predicted octanol–water partition coefficient (Wildman–Crippen LogP) is 5.30. The maximum Gasteiger partial charge on any atom is 0.417 e. The third kappa shape index (κ3) is 5.45. The van der Waals surface area contributed by atoms with E-state index in [1.807, 2.05) is 0 Å². The van der Waals surface area contributed by atoms with E-state index in [1.165, 1.54) is 19.5 Å². The number of hydrogen-bond donors (Lipinski definition) is 1. The van der Waals surface area contributed by atoms with Crippen LogP contribution in [-0.4, -0.2) is 18.3 Å². The highest BCUT2D eigenvalue weighted by atomic mass is 35.5. The highest BCUT2D eigenvalue weighted by Crippen LogP contribution is 2.32. The van der Waals surface area contributed by atoms with Crippen LogP contribution in [0.15, 0.2) is 47.7 Å². The Bertz CT molecular complexity index is 790. The van der Waals surface area contributed by atoms with Crippen LogP contribution in [0, 0.1) is 0 Å². The molecule has 2 aromatic rings. The molecule has 0 saturated heterocycles. The Kier molecular flexibility index (Phi) is 6.41.